The number of carbonyl (C=O) groups excluding carboxylic acids is 3. The van der Waals surface area contributed by atoms with Gasteiger partial charge in [0.25, 0.3) is 11.8 Å². The van der Waals surface area contributed by atoms with Crippen LogP contribution in [0, 0.1) is 5.92 Å². The Bertz CT molecular complexity index is 315. The first-order valence-corrected chi connectivity index (χ1v) is 5.88. The number of rotatable bonds is 1. The molecule has 1 aliphatic carbocycles. The lowest BCUT2D eigenvalue weighted by Crippen LogP contribution is -2.28. The fourth-order valence-electron chi connectivity index (χ4n) is 1.93. The monoisotopic (exact) mass is 238 g/mol. The van der Waals surface area contributed by atoms with Crippen LogP contribution in [0.15, 0.2) is 12.2 Å². The summed E-state index contributed by atoms with van der Waals surface area (Å²) in [5.74, 6) is -0.103. The number of amides is 3. The number of hydrogen-bond acceptors (Lipinski definition) is 3. The van der Waals surface area contributed by atoms with E-state index >= 15 is 0 Å². The lowest BCUT2D eigenvalue weighted by molar-refractivity contribution is -0.125. The fraction of sp³-hybridized carbons (Fsp3) is 0.583. The van der Waals surface area contributed by atoms with Gasteiger partial charge in [0.15, 0.2) is 0 Å². The first-order valence-electron chi connectivity index (χ1n) is 5.88. The lowest BCUT2D eigenvalue weighted by Gasteiger charge is -2.19. The molecule has 0 bridgehead atoms. The third-order valence-corrected chi connectivity index (χ3v) is 2.85. The average Bonchev–Trinajstić information content (AvgIpc) is 2.74. The van der Waals surface area contributed by atoms with Crippen molar-refractivity contribution < 1.29 is 14.4 Å². The van der Waals surface area contributed by atoms with E-state index in [2.05, 4.69) is 5.32 Å². The van der Waals surface area contributed by atoms with Gasteiger partial charge < -0.3 is 5.32 Å². The van der Waals surface area contributed by atoms with Crippen LogP contribution in [-0.2, 0) is 14.4 Å². The van der Waals surface area contributed by atoms with E-state index in [0.717, 1.165) is 12.8 Å². The van der Waals surface area contributed by atoms with Gasteiger partial charge in [0.2, 0.25) is 5.91 Å². The second kappa shape index (κ2) is 6.83. The molecule has 3 amide bonds. The average molecular weight is 238 g/mol. The van der Waals surface area contributed by atoms with Gasteiger partial charge in [0, 0.05) is 25.1 Å². The summed E-state index contributed by atoms with van der Waals surface area (Å²) in [4.78, 5) is 31.1. The minimum Gasteiger partial charge on any atom is -0.359 e. The van der Waals surface area contributed by atoms with Gasteiger partial charge in [-0.15, -0.1) is 0 Å². The molecule has 17 heavy (non-hydrogen) atoms. The minimum atomic E-state index is -0.329. The van der Waals surface area contributed by atoms with Gasteiger partial charge in [-0.2, -0.15) is 0 Å². The maximum absolute atomic E-state index is 11.1. The van der Waals surface area contributed by atoms with E-state index < -0.39 is 0 Å². The third-order valence-electron chi connectivity index (χ3n) is 2.85. The van der Waals surface area contributed by atoms with Gasteiger partial charge in [-0.1, -0.05) is 19.3 Å². The van der Waals surface area contributed by atoms with Crippen molar-refractivity contribution in [3.05, 3.63) is 12.2 Å². The summed E-state index contributed by atoms with van der Waals surface area (Å²) in [5.41, 5.74) is 0. The van der Waals surface area contributed by atoms with E-state index in [0.29, 0.717) is 5.92 Å². The Kier molecular flexibility index (Phi) is 5.39. The second-order valence-corrected chi connectivity index (χ2v) is 4.14. The van der Waals surface area contributed by atoms with E-state index in [1.54, 1.807) is 7.05 Å². The van der Waals surface area contributed by atoms with Crippen LogP contribution in [0.1, 0.15) is 32.1 Å². The fourth-order valence-corrected chi connectivity index (χ4v) is 1.93. The zero-order valence-corrected chi connectivity index (χ0v) is 9.99. The molecule has 5 heteroatoms. The van der Waals surface area contributed by atoms with Gasteiger partial charge in [0.1, 0.15) is 0 Å². The van der Waals surface area contributed by atoms with Gasteiger partial charge in [-0.3, -0.25) is 19.7 Å². The molecule has 0 spiro atoms. The molecule has 1 aliphatic heterocycles. The van der Waals surface area contributed by atoms with Gasteiger partial charge >= 0.3 is 0 Å². The predicted molar refractivity (Wildman–Crippen MR) is 62.9 cm³/mol. The summed E-state index contributed by atoms with van der Waals surface area (Å²) in [5, 5.41) is 4.72. The maximum atomic E-state index is 11.1. The van der Waals surface area contributed by atoms with E-state index in [4.69, 9.17) is 0 Å². The molecule has 2 aliphatic rings. The van der Waals surface area contributed by atoms with Crippen LogP contribution >= 0.6 is 0 Å². The highest BCUT2D eigenvalue weighted by Gasteiger charge is 2.19. The molecular weight excluding hydrogens is 220 g/mol. The van der Waals surface area contributed by atoms with Crippen molar-refractivity contribution in [3.8, 4) is 0 Å². The van der Waals surface area contributed by atoms with Crippen LogP contribution in [0.2, 0.25) is 0 Å². The summed E-state index contributed by atoms with van der Waals surface area (Å²) in [6.07, 6.45) is 8.37. The van der Waals surface area contributed by atoms with Crippen molar-refractivity contribution in [2.45, 2.75) is 32.1 Å². The van der Waals surface area contributed by atoms with E-state index in [1.165, 1.54) is 31.4 Å². The normalized spacial score (nSPS) is 19.4. The molecule has 5 nitrogen and oxygen atoms in total. The molecule has 0 aromatic heterocycles. The molecular formula is C12H18N2O3. The number of nitrogens with one attached hydrogen (secondary N) is 2. The summed E-state index contributed by atoms with van der Waals surface area (Å²) < 4.78 is 0. The molecule has 2 N–H and O–H groups in total. The molecule has 0 aromatic rings. The topological polar surface area (TPSA) is 75.3 Å². The highest BCUT2D eigenvalue weighted by Crippen LogP contribution is 2.23. The molecule has 1 saturated carbocycles. The van der Waals surface area contributed by atoms with Crippen LogP contribution in [0.5, 0.6) is 0 Å². The number of carbonyl (C=O) groups is 3. The zero-order chi connectivity index (χ0) is 12.7. The maximum Gasteiger partial charge on any atom is 0.250 e. The van der Waals surface area contributed by atoms with Crippen LogP contribution in [0.3, 0.4) is 0 Å². The molecule has 0 atom stereocenters. The van der Waals surface area contributed by atoms with Crippen LogP contribution in [0.25, 0.3) is 0 Å². The summed E-state index contributed by atoms with van der Waals surface area (Å²) in [6.45, 7) is 0. The Morgan fingerprint density at radius 2 is 1.71 bits per heavy atom. The SMILES string of the molecule is CNC(=O)C1CCCCC1.O=C1C=CC(=O)N1. The summed E-state index contributed by atoms with van der Waals surface area (Å²) >= 11 is 0. The smallest absolute Gasteiger partial charge is 0.250 e. The van der Waals surface area contributed by atoms with Crippen molar-refractivity contribution in [3.63, 3.8) is 0 Å². The Morgan fingerprint density at radius 1 is 1.18 bits per heavy atom. The standard InChI is InChI=1S/C8H15NO.C4H3NO2/c1-9-8(10)7-5-3-2-4-6-7;6-3-1-2-4(7)5-3/h7H,2-6H2,1H3,(H,9,10);1-2H,(H,5,6,7). The van der Waals surface area contributed by atoms with E-state index in [9.17, 15) is 14.4 Å². The Morgan fingerprint density at radius 3 is 2.06 bits per heavy atom. The van der Waals surface area contributed by atoms with Crippen molar-refractivity contribution in [2.24, 2.45) is 5.92 Å². The minimum absolute atomic E-state index is 0.236. The van der Waals surface area contributed by atoms with Crippen LogP contribution in [-0.4, -0.2) is 24.8 Å². The Labute approximate surface area is 101 Å². The van der Waals surface area contributed by atoms with E-state index in [1.807, 2.05) is 5.32 Å². The Balaban J connectivity index is 0.000000181. The number of hydrogen-bond donors (Lipinski definition) is 2. The summed E-state index contributed by atoms with van der Waals surface area (Å²) in [6, 6.07) is 0. The molecule has 94 valence electrons. The van der Waals surface area contributed by atoms with Gasteiger partial charge in [0.05, 0.1) is 0 Å². The first kappa shape index (κ1) is 13.4. The molecule has 0 unspecified atom stereocenters. The molecule has 1 heterocycles. The molecule has 2 rings (SSSR count). The first-order chi connectivity index (χ1) is 8.13. The van der Waals surface area contributed by atoms with Crippen molar-refractivity contribution in [1.82, 2.24) is 10.6 Å². The van der Waals surface area contributed by atoms with Crippen LogP contribution in [0.4, 0.5) is 0 Å². The molecule has 0 saturated heterocycles. The highest BCUT2D eigenvalue weighted by atomic mass is 16.2. The quantitative estimate of drug-likeness (QED) is 0.654. The van der Waals surface area contributed by atoms with Gasteiger partial charge in [-0.05, 0) is 12.8 Å². The number of imide groups is 1. The van der Waals surface area contributed by atoms with Gasteiger partial charge in [-0.25, -0.2) is 0 Å². The predicted octanol–water partition coefficient (Wildman–Crippen LogP) is 0.512. The second-order valence-electron chi connectivity index (χ2n) is 4.14. The van der Waals surface area contributed by atoms with E-state index in [-0.39, 0.29) is 17.7 Å². The molecule has 0 aromatic carbocycles. The third kappa shape index (κ3) is 4.80. The molecule has 0 radical (unpaired) electrons. The van der Waals surface area contributed by atoms with Crippen molar-refractivity contribution in [1.29, 1.82) is 0 Å². The lowest BCUT2D eigenvalue weighted by atomic mass is 9.89. The Hall–Kier alpha value is -1.65. The van der Waals surface area contributed by atoms with Crippen molar-refractivity contribution >= 4 is 17.7 Å². The zero-order valence-electron chi connectivity index (χ0n) is 9.99. The largest absolute Gasteiger partial charge is 0.359 e. The molecule has 1 fully saturated rings. The summed E-state index contributed by atoms with van der Waals surface area (Å²) in [7, 11) is 1.72. The van der Waals surface area contributed by atoms with Crippen LogP contribution < -0.4 is 10.6 Å². The highest BCUT2D eigenvalue weighted by molar-refractivity contribution is 6.12. The van der Waals surface area contributed by atoms with Crippen molar-refractivity contribution in [2.75, 3.05) is 7.05 Å².